The van der Waals surface area contributed by atoms with Gasteiger partial charge < -0.3 is 15.0 Å². The number of hydrogen-bond acceptors (Lipinski definition) is 3. The maximum Gasteiger partial charge on any atom is 0.225 e. The molecule has 0 spiro atoms. The minimum Gasteiger partial charge on any atom is -0.493 e. The van der Waals surface area contributed by atoms with Gasteiger partial charge in [0.25, 0.3) is 0 Å². The topological polar surface area (TPSA) is 41.6 Å². The molecule has 21 heavy (non-hydrogen) atoms. The number of benzene rings is 1. The molecule has 0 aliphatic rings. The van der Waals surface area contributed by atoms with Gasteiger partial charge in [0.2, 0.25) is 5.91 Å². The monoisotopic (exact) mass is 314 g/mol. The van der Waals surface area contributed by atoms with Crippen molar-refractivity contribution in [3.63, 3.8) is 0 Å². The average molecular weight is 315 g/mol. The third-order valence-electron chi connectivity index (χ3n) is 3.46. The first-order valence-corrected chi connectivity index (χ1v) is 7.05. The van der Waals surface area contributed by atoms with Crippen LogP contribution in [0.1, 0.15) is 23.1 Å². The van der Waals surface area contributed by atoms with Crippen molar-refractivity contribution in [2.45, 2.75) is 27.2 Å². The van der Waals surface area contributed by atoms with Crippen molar-refractivity contribution < 1.29 is 9.53 Å². The smallest absolute Gasteiger partial charge is 0.225 e. The van der Waals surface area contributed by atoms with Crippen LogP contribution in [0.4, 0.5) is 0 Å². The van der Waals surface area contributed by atoms with Gasteiger partial charge in [-0.1, -0.05) is 6.07 Å². The van der Waals surface area contributed by atoms with Gasteiger partial charge in [0, 0.05) is 20.1 Å². The van der Waals surface area contributed by atoms with E-state index in [1.165, 1.54) is 11.1 Å². The highest BCUT2D eigenvalue weighted by Crippen LogP contribution is 2.23. The molecule has 120 valence electrons. The van der Waals surface area contributed by atoms with Gasteiger partial charge in [0.1, 0.15) is 5.75 Å². The van der Waals surface area contributed by atoms with E-state index in [0.29, 0.717) is 13.0 Å². The van der Waals surface area contributed by atoms with E-state index in [1.54, 1.807) is 4.90 Å². The van der Waals surface area contributed by atoms with Crippen LogP contribution in [0.15, 0.2) is 12.1 Å². The minimum absolute atomic E-state index is 0. The lowest BCUT2D eigenvalue weighted by atomic mass is 10.1. The minimum atomic E-state index is 0. The van der Waals surface area contributed by atoms with Gasteiger partial charge in [0.15, 0.2) is 0 Å². The van der Waals surface area contributed by atoms with Gasteiger partial charge in [-0.15, -0.1) is 12.4 Å². The van der Waals surface area contributed by atoms with Crippen LogP contribution in [0.25, 0.3) is 0 Å². The molecule has 0 saturated heterocycles. The Balaban J connectivity index is 0.00000400. The molecular weight excluding hydrogens is 288 g/mol. The number of hydrogen-bond donors (Lipinski definition) is 1. The molecule has 1 rings (SSSR count). The predicted octanol–water partition coefficient (Wildman–Crippen LogP) is 2.48. The lowest BCUT2D eigenvalue weighted by molar-refractivity contribution is -0.130. The molecule has 0 heterocycles. The van der Waals surface area contributed by atoms with E-state index >= 15 is 0 Å². The summed E-state index contributed by atoms with van der Waals surface area (Å²) < 4.78 is 5.76. The Hall–Kier alpha value is -1.26. The van der Waals surface area contributed by atoms with Gasteiger partial charge >= 0.3 is 0 Å². The van der Waals surface area contributed by atoms with E-state index < -0.39 is 0 Å². The van der Waals surface area contributed by atoms with Crippen molar-refractivity contribution in [1.29, 1.82) is 0 Å². The molecule has 0 aliphatic heterocycles. The molecular formula is C16H27ClN2O2. The quantitative estimate of drug-likeness (QED) is 0.840. The lowest BCUT2D eigenvalue weighted by Gasteiger charge is -2.17. The summed E-state index contributed by atoms with van der Waals surface area (Å²) in [6, 6.07) is 4.16. The van der Waals surface area contributed by atoms with E-state index in [9.17, 15) is 4.79 Å². The number of halogens is 1. The average Bonchev–Trinajstić information content (AvgIpc) is 2.41. The Kier molecular flexibility index (Phi) is 9.06. The summed E-state index contributed by atoms with van der Waals surface area (Å²) in [5.41, 5.74) is 3.55. The Labute approximate surface area is 134 Å². The van der Waals surface area contributed by atoms with Crippen LogP contribution in [-0.2, 0) is 4.79 Å². The lowest BCUT2D eigenvalue weighted by Crippen LogP contribution is -2.33. The molecule has 0 unspecified atom stereocenters. The molecule has 1 N–H and O–H groups in total. The molecule has 0 aromatic heterocycles. The Morgan fingerprint density at radius 3 is 2.57 bits per heavy atom. The second-order valence-corrected chi connectivity index (χ2v) is 5.22. The number of nitrogens with zero attached hydrogens (tertiary/aromatic N) is 1. The van der Waals surface area contributed by atoms with Crippen molar-refractivity contribution in [3.05, 3.63) is 28.8 Å². The zero-order valence-corrected chi connectivity index (χ0v) is 14.5. The summed E-state index contributed by atoms with van der Waals surface area (Å²) in [5, 5.41) is 3.03. The number of nitrogens with one attached hydrogen (secondary N) is 1. The van der Waals surface area contributed by atoms with Crippen LogP contribution < -0.4 is 10.1 Å². The van der Waals surface area contributed by atoms with Crippen molar-refractivity contribution in [1.82, 2.24) is 10.2 Å². The fourth-order valence-electron chi connectivity index (χ4n) is 1.99. The SMILES string of the molecule is CNCCN(C)C(=O)CCOc1cc(C)cc(C)c1C.Cl. The zero-order chi connectivity index (χ0) is 15.1. The highest BCUT2D eigenvalue weighted by atomic mass is 35.5. The highest BCUT2D eigenvalue weighted by molar-refractivity contribution is 5.85. The molecule has 0 bridgehead atoms. The first-order valence-electron chi connectivity index (χ1n) is 7.05. The fourth-order valence-corrected chi connectivity index (χ4v) is 1.99. The number of carbonyl (C=O) groups excluding carboxylic acids is 1. The molecule has 0 radical (unpaired) electrons. The number of ether oxygens (including phenoxy) is 1. The predicted molar refractivity (Wildman–Crippen MR) is 89.6 cm³/mol. The van der Waals surface area contributed by atoms with Crippen LogP contribution in [0.3, 0.4) is 0 Å². The number of aryl methyl sites for hydroxylation is 2. The summed E-state index contributed by atoms with van der Waals surface area (Å²) >= 11 is 0. The third kappa shape index (κ3) is 6.36. The Morgan fingerprint density at radius 1 is 1.29 bits per heavy atom. The van der Waals surface area contributed by atoms with Gasteiger partial charge in [-0.2, -0.15) is 0 Å². The molecule has 0 fully saturated rings. The second kappa shape index (κ2) is 9.64. The molecule has 1 aromatic carbocycles. The molecule has 5 heteroatoms. The van der Waals surface area contributed by atoms with Gasteiger partial charge in [-0.3, -0.25) is 4.79 Å². The number of amides is 1. The van der Waals surface area contributed by atoms with E-state index in [0.717, 1.165) is 24.4 Å². The van der Waals surface area contributed by atoms with Crippen molar-refractivity contribution >= 4 is 18.3 Å². The first-order chi connectivity index (χ1) is 9.45. The molecule has 4 nitrogen and oxygen atoms in total. The Bertz CT molecular complexity index is 464. The normalized spacial score (nSPS) is 9.95. The van der Waals surface area contributed by atoms with Gasteiger partial charge in [-0.05, 0) is 50.6 Å². The maximum absolute atomic E-state index is 11.9. The second-order valence-electron chi connectivity index (χ2n) is 5.22. The summed E-state index contributed by atoms with van der Waals surface area (Å²) in [7, 11) is 3.70. The standard InChI is InChI=1S/C16H26N2O2.ClH/c1-12-10-13(2)14(3)15(11-12)20-9-6-16(19)18(5)8-7-17-4;/h10-11,17H,6-9H2,1-5H3;1H. The zero-order valence-electron chi connectivity index (χ0n) is 13.7. The van der Waals surface area contributed by atoms with Crippen LogP contribution in [0.2, 0.25) is 0 Å². The van der Waals surface area contributed by atoms with Crippen LogP contribution in [0, 0.1) is 20.8 Å². The molecule has 0 atom stereocenters. The molecule has 1 amide bonds. The van der Waals surface area contributed by atoms with Gasteiger partial charge in [-0.25, -0.2) is 0 Å². The summed E-state index contributed by atoms with van der Waals surface area (Å²) in [6.07, 6.45) is 0.409. The number of rotatable bonds is 7. The van der Waals surface area contributed by atoms with E-state index in [4.69, 9.17) is 4.74 Å². The van der Waals surface area contributed by atoms with E-state index in [2.05, 4.69) is 25.2 Å². The number of likely N-dealkylation sites (N-methyl/N-ethyl adjacent to an activating group) is 2. The summed E-state index contributed by atoms with van der Waals surface area (Å²) in [4.78, 5) is 13.6. The largest absolute Gasteiger partial charge is 0.493 e. The highest BCUT2D eigenvalue weighted by Gasteiger charge is 2.09. The summed E-state index contributed by atoms with van der Waals surface area (Å²) in [6.45, 7) is 8.12. The van der Waals surface area contributed by atoms with Gasteiger partial charge in [0.05, 0.1) is 13.0 Å². The van der Waals surface area contributed by atoms with Crippen molar-refractivity contribution in [3.8, 4) is 5.75 Å². The van der Waals surface area contributed by atoms with Crippen LogP contribution in [0.5, 0.6) is 5.75 Å². The maximum atomic E-state index is 11.9. The molecule has 0 saturated carbocycles. The summed E-state index contributed by atoms with van der Waals surface area (Å²) in [5.74, 6) is 0.996. The fraction of sp³-hybridized carbons (Fsp3) is 0.562. The van der Waals surface area contributed by atoms with Crippen LogP contribution in [-0.4, -0.2) is 44.6 Å². The van der Waals surface area contributed by atoms with Crippen LogP contribution >= 0.6 is 12.4 Å². The van der Waals surface area contributed by atoms with Crippen molar-refractivity contribution in [2.24, 2.45) is 0 Å². The van der Waals surface area contributed by atoms with E-state index in [1.807, 2.05) is 27.1 Å². The first kappa shape index (κ1) is 19.7. The molecule has 0 aliphatic carbocycles. The van der Waals surface area contributed by atoms with E-state index in [-0.39, 0.29) is 18.3 Å². The number of carbonyl (C=O) groups is 1. The Morgan fingerprint density at radius 2 is 1.95 bits per heavy atom. The molecule has 1 aromatic rings. The van der Waals surface area contributed by atoms with Crippen molar-refractivity contribution in [2.75, 3.05) is 33.8 Å². The third-order valence-corrected chi connectivity index (χ3v) is 3.46.